The van der Waals surface area contributed by atoms with E-state index in [1.165, 1.54) is 44.4 Å². The van der Waals surface area contributed by atoms with Gasteiger partial charge in [-0.05, 0) is 42.5 Å². The van der Waals surface area contributed by atoms with Crippen molar-refractivity contribution in [3.63, 3.8) is 0 Å². The highest BCUT2D eigenvalue weighted by atomic mass is 32.2. The van der Waals surface area contributed by atoms with E-state index in [1.807, 2.05) is 0 Å². The fourth-order valence-electron chi connectivity index (χ4n) is 3.17. The predicted octanol–water partition coefficient (Wildman–Crippen LogP) is 1.02. The van der Waals surface area contributed by atoms with Crippen molar-refractivity contribution in [2.24, 2.45) is 0 Å². The number of carbonyl (C=O) groups excluding carboxylic acids is 1. The molecule has 1 aliphatic heterocycles. The van der Waals surface area contributed by atoms with E-state index >= 15 is 0 Å². The third kappa shape index (κ3) is 5.66. The normalized spacial score (nSPS) is 20.1. The highest BCUT2D eigenvalue weighted by Gasteiger charge is 2.36. The molecule has 0 unspecified atom stereocenters. The van der Waals surface area contributed by atoms with Crippen molar-refractivity contribution in [2.45, 2.75) is 24.0 Å². The standard InChI is InChI=1S/C19H23N3O7S2/c1-12(23)20-16-9-15(7-8-19(16)29-2)31(27,28)22-14-5-3-13(4-6-14)21-17-10-30(25,26)11-18(17)24/h3-9,17-18,21-22,24H,10-11H2,1-2H3,(H,20,23)/t17-,18-/m0/s1. The van der Waals surface area contributed by atoms with Gasteiger partial charge in [-0.3, -0.25) is 9.52 Å². The van der Waals surface area contributed by atoms with Crippen LogP contribution < -0.4 is 20.1 Å². The number of rotatable bonds is 7. The van der Waals surface area contributed by atoms with Crippen molar-refractivity contribution in [3.05, 3.63) is 42.5 Å². The number of methoxy groups -OCH3 is 1. The van der Waals surface area contributed by atoms with Crippen LogP contribution in [0.1, 0.15) is 6.92 Å². The molecular formula is C19H23N3O7S2. The van der Waals surface area contributed by atoms with E-state index in [0.29, 0.717) is 11.4 Å². The molecule has 2 aromatic rings. The number of sulfonamides is 1. The molecule has 0 bridgehead atoms. The van der Waals surface area contributed by atoms with Crippen LogP contribution in [-0.4, -0.2) is 58.6 Å². The summed E-state index contributed by atoms with van der Waals surface area (Å²) in [6.07, 6.45) is -1.00. The third-order valence-electron chi connectivity index (χ3n) is 4.60. The molecule has 0 saturated carbocycles. The van der Waals surface area contributed by atoms with Crippen molar-refractivity contribution in [2.75, 3.05) is 34.0 Å². The van der Waals surface area contributed by atoms with Gasteiger partial charge in [0, 0.05) is 18.3 Å². The lowest BCUT2D eigenvalue weighted by atomic mass is 10.2. The van der Waals surface area contributed by atoms with Crippen LogP contribution in [0, 0.1) is 0 Å². The van der Waals surface area contributed by atoms with Gasteiger partial charge < -0.3 is 20.5 Å². The maximum atomic E-state index is 12.7. The minimum atomic E-state index is -3.95. The third-order valence-corrected chi connectivity index (χ3v) is 7.70. The first-order chi connectivity index (χ1) is 14.5. The Morgan fingerprint density at radius 1 is 1.10 bits per heavy atom. The Bertz CT molecular complexity index is 1180. The number of amides is 1. The minimum absolute atomic E-state index is 0.0708. The van der Waals surface area contributed by atoms with E-state index < -0.39 is 32.0 Å². The zero-order chi connectivity index (χ0) is 22.8. The van der Waals surface area contributed by atoms with Gasteiger partial charge in [-0.1, -0.05) is 0 Å². The average Bonchev–Trinajstić information content (AvgIpc) is 2.94. The molecule has 1 heterocycles. The molecule has 10 nitrogen and oxygen atoms in total. The van der Waals surface area contributed by atoms with Crippen molar-refractivity contribution in [1.82, 2.24) is 0 Å². The molecule has 0 radical (unpaired) electrons. The maximum Gasteiger partial charge on any atom is 0.261 e. The van der Waals surface area contributed by atoms with Crippen LogP contribution in [0.4, 0.5) is 17.1 Å². The molecule has 4 N–H and O–H groups in total. The summed E-state index contributed by atoms with van der Waals surface area (Å²) in [5.41, 5.74) is 1.05. The number of aliphatic hydroxyl groups excluding tert-OH is 1. The number of nitrogens with one attached hydrogen (secondary N) is 3. The Morgan fingerprint density at radius 2 is 1.74 bits per heavy atom. The molecule has 1 saturated heterocycles. The molecule has 168 valence electrons. The van der Waals surface area contributed by atoms with Gasteiger partial charge in [0.05, 0.1) is 41.3 Å². The quantitative estimate of drug-likeness (QED) is 0.469. The van der Waals surface area contributed by atoms with Gasteiger partial charge in [0.1, 0.15) is 5.75 Å². The maximum absolute atomic E-state index is 12.7. The van der Waals surface area contributed by atoms with E-state index in [1.54, 1.807) is 12.1 Å². The van der Waals surface area contributed by atoms with E-state index in [9.17, 15) is 26.7 Å². The topological polar surface area (TPSA) is 151 Å². The van der Waals surface area contributed by atoms with Gasteiger partial charge in [-0.15, -0.1) is 0 Å². The molecule has 0 spiro atoms. The first-order valence-electron chi connectivity index (χ1n) is 9.22. The zero-order valence-corrected chi connectivity index (χ0v) is 18.5. The second kappa shape index (κ2) is 8.73. The molecular weight excluding hydrogens is 446 g/mol. The summed E-state index contributed by atoms with van der Waals surface area (Å²) in [5, 5.41) is 15.3. The SMILES string of the molecule is COc1ccc(S(=O)(=O)Nc2ccc(N[C@H]3CS(=O)(=O)C[C@@H]3O)cc2)cc1NC(C)=O. The van der Waals surface area contributed by atoms with Gasteiger partial charge in [-0.25, -0.2) is 16.8 Å². The summed E-state index contributed by atoms with van der Waals surface area (Å²) in [4.78, 5) is 11.3. The number of carbonyl (C=O) groups is 1. The van der Waals surface area contributed by atoms with E-state index in [0.717, 1.165) is 0 Å². The lowest BCUT2D eigenvalue weighted by molar-refractivity contribution is -0.114. The molecule has 2 atom stereocenters. The molecule has 3 rings (SSSR count). The molecule has 1 amide bonds. The average molecular weight is 470 g/mol. The van der Waals surface area contributed by atoms with Crippen LogP contribution >= 0.6 is 0 Å². The Balaban J connectivity index is 1.74. The molecule has 12 heteroatoms. The highest BCUT2D eigenvalue weighted by molar-refractivity contribution is 7.92. The Labute approximate surface area is 180 Å². The summed E-state index contributed by atoms with van der Waals surface area (Å²) in [5.74, 6) is -0.508. The second-order valence-corrected chi connectivity index (χ2v) is 11.0. The van der Waals surface area contributed by atoms with Crippen molar-refractivity contribution < 1.29 is 31.5 Å². The summed E-state index contributed by atoms with van der Waals surface area (Å²) < 4.78 is 56.2. The summed E-state index contributed by atoms with van der Waals surface area (Å²) >= 11 is 0. The van der Waals surface area contributed by atoms with Gasteiger partial charge >= 0.3 is 0 Å². The number of anilines is 3. The number of benzene rings is 2. The number of hydrogen-bond acceptors (Lipinski definition) is 8. The van der Waals surface area contributed by atoms with Crippen molar-refractivity contribution in [3.8, 4) is 5.75 Å². The number of aliphatic hydroxyl groups is 1. The van der Waals surface area contributed by atoms with Gasteiger partial charge in [0.25, 0.3) is 10.0 Å². The molecule has 1 fully saturated rings. The molecule has 0 aromatic heterocycles. The van der Waals surface area contributed by atoms with Crippen LogP contribution in [0.3, 0.4) is 0 Å². The zero-order valence-electron chi connectivity index (χ0n) is 16.8. The Morgan fingerprint density at radius 3 is 2.29 bits per heavy atom. The van der Waals surface area contributed by atoms with Gasteiger partial charge in [-0.2, -0.15) is 0 Å². The summed E-state index contributed by atoms with van der Waals surface area (Å²) in [6, 6.07) is 9.62. The van der Waals surface area contributed by atoms with Crippen molar-refractivity contribution >= 4 is 42.8 Å². The fourth-order valence-corrected chi connectivity index (χ4v) is 6.00. The van der Waals surface area contributed by atoms with E-state index in [2.05, 4.69) is 15.4 Å². The number of sulfone groups is 1. The van der Waals surface area contributed by atoms with Crippen LogP contribution in [0.2, 0.25) is 0 Å². The number of ether oxygens (including phenoxy) is 1. The Hall–Kier alpha value is -2.83. The van der Waals surface area contributed by atoms with Gasteiger partial charge in [0.15, 0.2) is 9.84 Å². The van der Waals surface area contributed by atoms with Crippen LogP contribution in [0.25, 0.3) is 0 Å². The molecule has 1 aliphatic rings. The smallest absolute Gasteiger partial charge is 0.261 e. The summed E-state index contributed by atoms with van der Waals surface area (Å²) in [6.45, 7) is 1.30. The monoisotopic (exact) mass is 469 g/mol. The minimum Gasteiger partial charge on any atom is -0.495 e. The number of hydrogen-bond donors (Lipinski definition) is 4. The molecule has 2 aromatic carbocycles. The second-order valence-electron chi connectivity index (χ2n) is 7.12. The lowest BCUT2D eigenvalue weighted by Gasteiger charge is -2.17. The fraction of sp³-hybridized carbons (Fsp3) is 0.316. The predicted molar refractivity (Wildman–Crippen MR) is 117 cm³/mol. The first kappa shape index (κ1) is 22.8. The molecule has 31 heavy (non-hydrogen) atoms. The Kier molecular flexibility index (Phi) is 6.43. The highest BCUT2D eigenvalue weighted by Crippen LogP contribution is 2.29. The largest absolute Gasteiger partial charge is 0.495 e. The van der Waals surface area contributed by atoms with E-state index in [4.69, 9.17) is 4.74 Å². The summed E-state index contributed by atoms with van der Waals surface area (Å²) in [7, 11) is -5.83. The lowest BCUT2D eigenvalue weighted by Crippen LogP contribution is -2.31. The van der Waals surface area contributed by atoms with E-state index in [-0.39, 0.29) is 33.7 Å². The van der Waals surface area contributed by atoms with Crippen molar-refractivity contribution in [1.29, 1.82) is 0 Å². The van der Waals surface area contributed by atoms with Crippen LogP contribution in [-0.2, 0) is 24.7 Å². The van der Waals surface area contributed by atoms with Crippen LogP contribution in [0.15, 0.2) is 47.4 Å². The first-order valence-corrected chi connectivity index (χ1v) is 12.5. The van der Waals surface area contributed by atoms with Gasteiger partial charge in [0.2, 0.25) is 5.91 Å². The molecule has 0 aliphatic carbocycles. The van der Waals surface area contributed by atoms with Crippen LogP contribution in [0.5, 0.6) is 5.75 Å².